The zero-order valence-electron chi connectivity index (χ0n) is 17.1. The van der Waals surface area contributed by atoms with E-state index in [1.807, 2.05) is 0 Å². The van der Waals surface area contributed by atoms with Crippen LogP contribution in [0.1, 0.15) is 25.0 Å². The standard InChI is InChI=1S/C22H23Cl2NO6/c1-22(2)30-12-19(31-22)20(26)25-18(21(27)28)10-13-6-8-14(9-7-13)29-11-15-16(23)4-3-5-17(15)24/h3-9,18-19H,10-12H2,1-2H3,(H,25,26)(H,27,28). The Kier molecular flexibility index (Phi) is 7.43. The molecule has 1 aliphatic heterocycles. The van der Waals surface area contributed by atoms with E-state index in [1.54, 1.807) is 56.3 Å². The van der Waals surface area contributed by atoms with Crippen molar-refractivity contribution >= 4 is 35.1 Å². The van der Waals surface area contributed by atoms with Crippen LogP contribution < -0.4 is 10.1 Å². The second kappa shape index (κ2) is 9.87. The van der Waals surface area contributed by atoms with Crippen molar-refractivity contribution in [3.8, 4) is 5.75 Å². The number of benzene rings is 2. The van der Waals surface area contributed by atoms with Crippen molar-refractivity contribution in [2.24, 2.45) is 0 Å². The quantitative estimate of drug-likeness (QED) is 0.612. The summed E-state index contributed by atoms with van der Waals surface area (Å²) in [7, 11) is 0. The van der Waals surface area contributed by atoms with Crippen molar-refractivity contribution < 1.29 is 28.9 Å². The molecule has 9 heteroatoms. The molecule has 2 aromatic rings. The number of carboxylic acid groups (broad SMARTS) is 1. The molecule has 2 unspecified atom stereocenters. The van der Waals surface area contributed by atoms with Gasteiger partial charge in [-0.2, -0.15) is 0 Å². The molecule has 1 aliphatic rings. The van der Waals surface area contributed by atoms with Crippen LogP contribution in [0.3, 0.4) is 0 Å². The molecule has 31 heavy (non-hydrogen) atoms. The fraction of sp³-hybridized carbons (Fsp3) is 0.364. The summed E-state index contributed by atoms with van der Waals surface area (Å²) in [4.78, 5) is 24.0. The molecule has 0 radical (unpaired) electrons. The Bertz CT molecular complexity index is 927. The molecule has 1 saturated heterocycles. The smallest absolute Gasteiger partial charge is 0.326 e. The van der Waals surface area contributed by atoms with Gasteiger partial charge in [-0.1, -0.05) is 41.4 Å². The molecule has 7 nitrogen and oxygen atoms in total. The van der Waals surface area contributed by atoms with Gasteiger partial charge in [0.2, 0.25) is 0 Å². The first kappa shape index (κ1) is 23.3. The molecular formula is C22H23Cl2NO6. The first-order valence-corrected chi connectivity index (χ1v) is 10.4. The second-order valence-corrected chi connectivity index (χ2v) is 8.37. The maximum atomic E-state index is 12.3. The van der Waals surface area contributed by atoms with Gasteiger partial charge in [-0.05, 0) is 43.7 Å². The molecular weight excluding hydrogens is 445 g/mol. The van der Waals surface area contributed by atoms with Crippen LogP contribution in [0.15, 0.2) is 42.5 Å². The lowest BCUT2D eigenvalue weighted by atomic mass is 10.1. The molecule has 1 heterocycles. The fourth-order valence-corrected chi connectivity index (χ4v) is 3.57. The minimum absolute atomic E-state index is 0.0760. The minimum atomic E-state index is -1.14. The Morgan fingerprint density at radius 1 is 1.19 bits per heavy atom. The van der Waals surface area contributed by atoms with E-state index in [2.05, 4.69) is 5.32 Å². The fourth-order valence-electron chi connectivity index (χ4n) is 3.06. The molecule has 0 bridgehead atoms. The minimum Gasteiger partial charge on any atom is -0.489 e. The van der Waals surface area contributed by atoms with Crippen molar-refractivity contribution in [2.45, 2.75) is 44.8 Å². The van der Waals surface area contributed by atoms with E-state index < -0.39 is 29.8 Å². The zero-order chi connectivity index (χ0) is 22.6. The Morgan fingerprint density at radius 2 is 1.84 bits per heavy atom. The number of nitrogens with one attached hydrogen (secondary N) is 1. The predicted molar refractivity (Wildman–Crippen MR) is 115 cm³/mol. The van der Waals surface area contributed by atoms with Crippen molar-refractivity contribution in [1.29, 1.82) is 0 Å². The van der Waals surface area contributed by atoms with Crippen LogP contribution in [-0.4, -0.2) is 41.5 Å². The molecule has 1 amide bonds. The number of hydrogen-bond acceptors (Lipinski definition) is 5. The van der Waals surface area contributed by atoms with Gasteiger partial charge < -0.3 is 24.6 Å². The predicted octanol–water partition coefficient (Wildman–Crippen LogP) is 3.84. The molecule has 0 aromatic heterocycles. The summed E-state index contributed by atoms with van der Waals surface area (Å²) >= 11 is 12.3. The summed E-state index contributed by atoms with van der Waals surface area (Å²) in [5, 5.41) is 13.1. The van der Waals surface area contributed by atoms with Gasteiger partial charge in [0.15, 0.2) is 11.9 Å². The van der Waals surface area contributed by atoms with Gasteiger partial charge >= 0.3 is 5.97 Å². The number of aliphatic carboxylic acids is 1. The molecule has 2 N–H and O–H groups in total. The van der Waals surface area contributed by atoms with Gasteiger partial charge in [0, 0.05) is 22.0 Å². The van der Waals surface area contributed by atoms with Crippen LogP contribution in [0.25, 0.3) is 0 Å². The third-order valence-electron chi connectivity index (χ3n) is 4.72. The Balaban J connectivity index is 1.58. The largest absolute Gasteiger partial charge is 0.489 e. The molecule has 166 valence electrons. The van der Waals surface area contributed by atoms with E-state index in [0.717, 1.165) is 5.56 Å². The van der Waals surface area contributed by atoms with Crippen LogP contribution in [0.5, 0.6) is 5.75 Å². The monoisotopic (exact) mass is 467 g/mol. The number of ether oxygens (including phenoxy) is 3. The molecule has 3 rings (SSSR count). The van der Waals surface area contributed by atoms with Gasteiger partial charge in [0.05, 0.1) is 6.61 Å². The van der Waals surface area contributed by atoms with E-state index in [1.165, 1.54) is 0 Å². The van der Waals surface area contributed by atoms with Crippen molar-refractivity contribution in [3.05, 3.63) is 63.6 Å². The second-order valence-electron chi connectivity index (χ2n) is 7.55. The van der Waals surface area contributed by atoms with E-state index in [4.69, 9.17) is 37.4 Å². The van der Waals surface area contributed by atoms with Crippen LogP contribution in [0.4, 0.5) is 0 Å². The summed E-state index contributed by atoms with van der Waals surface area (Å²) in [5.74, 6) is -1.95. The maximum absolute atomic E-state index is 12.3. The normalized spacial score (nSPS) is 18.4. The average Bonchev–Trinajstić information content (AvgIpc) is 3.08. The van der Waals surface area contributed by atoms with Crippen LogP contribution in [-0.2, 0) is 32.1 Å². The third-order valence-corrected chi connectivity index (χ3v) is 5.43. The zero-order valence-corrected chi connectivity index (χ0v) is 18.6. The number of carbonyl (C=O) groups is 2. The molecule has 2 atom stereocenters. The highest BCUT2D eigenvalue weighted by Gasteiger charge is 2.38. The van der Waals surface area contributed by atoms with Gasteiger partial charge in [-0.3, -0.25) is 4.79 Å². The third kappa shape index (κ3) is 6.33. The van der Waals surface area contributed by atoms with Crippen LogP contribution >= 0.6 is 23.2 Å². The number of rotatable bonds is 8. The summed E-state index contributed by atoms with van der Waals surface area (Å²) in [6.45, 7) is 3.66. The lowest BCUT2D eigenvalue weighted by molar-refractivity contribution is -0.155. The lowest BCUT2D eigenvalue weighted by Crippen LogP contribution is -2.47. The van der Waals surface area contributed by atoms with E-state index in [9.17, 15) is 14.7 Å². The molecule has 2 aromatic carbocycles. The number of carboxylic acids is 1. The Morgan fingerprint density at radius 3 is 2.39 bits per heavy atom. The summed E-state index contributed by atoms with van der Waals surface area (Å²) in [5.41, 5.74) is 1.41. The highest BCUT2D eigenvalue weighted by Crippen LogP contribution is 2.26. The Hall–Kier alpha value is -2.32. The number of carbonyl (C=O) groups excluding carboxylic acids is 1. The van der Waals surface area contributed by atoms with Gasteiger partial charge in [0.25, 0.3) is 5.91 Å². The average molecular weight is 468 g/mol. The first-order valence-electron chi connectivity index (χ1n) is 9.64. The van der Waals surface area contributed by atoms with Gasteiger partial charge in [-0.15, -0.1) is 0 Å². The van der Waals surface area contributed by atoms with Crippen LogP contribution in [0, 0.1) is 0 Å². The van der Waals surface area contributed by atoms with E-state index >= 15 is 0 Å². The van der Waals surface area contributed by atoms with Crippen molar-refractivity contribution in [3.63, 3.8) is 0 Å². The van der Waals surface area contributed by atoms with E-state index in [0.29, 0.717) is 21.4 Å². The van der Waals surface area contributed by atoms with Crippen molar-refractivity contribution in [1.82, 2.24) is 5.32 Å². The summed E-state index contributed by atoms with van der Waals surface area (Å²) in [6.07, 6.45) is -0.737. The number of hydrogen-bond donors (Lipinski definition) is 2. The number of amides is 1. The summed E-state index contributed by atoms with van der Waals surface area (Å²) < 4.78 is 16.6. The first-order chi connectivity index (χ1) is 14.6. The highest BCUT2D eigenvalue weighted by atomic mass is 35.5. The lowest BCUT2D eigenvalue weighted by Gasteiger charge is -2.19. The SMILES string of the molecule is CC1(C)OCC(C(=O)NC(Cc2ccc(OCc3c(Cl)cccc3Cl)cc2)C(=O)O)O1. The molecule has 0 saturated carbocycles. The topological polar surface area (TPSA) is 94.1 Å². The van der Waals surface area contributed by atoms with Gasteiger partial charge in [0.1, 0.15) is 18.4 Å². The Labute approximate surface area is 190 Å². The maximum Gasteiger partial charge on any atom is 0.326 e. The molecule has 0 aliphatic carbocycles. The highest BCUT2D eigenvalue weighted by molar-refractivity contribution is 6.35. The van der Waals surface area contributed by atoms with Crippen LogP contribution in [0.2, 0.25) is 10.0 Å². The molecule has 1 fully saturated rings. The molecule has 0 spiro atoms. The summed E-state index contributed by atoms with van der Waals surface area (Å²) in [6, 6.07) is 11.0. The van der Waals surface area contributed by atoms with Gasteiger partial charge in [-0.25, -0.2) is 4.79 Å². The van der Waals surface area contributed by atoms with Crippen molar-refractivity contribution in [2.75, 3.05) is 6.61 Å². The number of halogens is 2. The van der Waals surface area contributed by atoms with E-state index in [-0.39, 0.29) is 19.6 Å².